The molecular formula is H12Al2O4. The fourth-order valence-corrected chi connectivity index (χ4v) is 0. The Hall–Kier alpha value is 0.905. The van der Waals surface area contributed by atoms with Crippen molar-refractivity contribution in [1.29, 1.82) is 0 Å². The lowest BCUT2D eigenvalue weighted by molar-refractivity contribution is 0.686. The number of hydrogen-bond donors (Lipinski definition) is 0. The van der Waals surface area contributed by atoms with Gasteiger partial charge in [-0.15, -0.1) is 0 Å². The van der Waals surface area contributed by atoms with Crippen LogP contribution in [0.3, 0.4) is 0 Å². The van der Waals surface area contributed by atoms with E-state index in [1.54, 1.807) is 0 Å². The first kappa shape index (κ1) is 294. The van der Waals surface area contributed by atoms with Gasteiger partial charge in [0.15, 0.2) is 34.7 Å². The molecule has 0 aromatic rings. The zero-order valence-electron chi connectivity index (χ0n) is 1.91. The van der Waals surface area contributed by atoms with Gasteiger partial charge in [0.25, 0.3) is 0 Å². The molecule has 0 aliphatic heterocycles. The predicted octanol–water partition coefficient (Wildman–Crippen LogP) is -4.96. The third-order valence-electron chi connectivity index (χ3n) is 0. The van der Waals surface area contributed by atoms with Crippen LogP contribution in [-0.4, -0.2) is 51.2 Å². The van der Waals surface area contributed by atoms with Gasteiger partial charge in [-0.05, 0) is 0 Å². The summed E-state index contributed by atoms with van der Waals surface area (Å²) in [4.78, 5) is 0. The Kier molecular flexibility index (Phi) is 8500. The fraction of sp³-hybridized carbons (Fsp3) is 0. The Balaban J connectivity index is 0. The van der Waals surface area contributed by atoms with E-state index in [0.717, 1.165) is 0 Å². The molecule has 0 spiro atoms. The quantitative estimate of drug-likeness (QED) is 0.291. The van der Waals surface area contributed by atoms with E-state index in [1.165, 1.54) is 0 Å². The molecule has 6 N–H and O–H groups in total. The van der Waals surface area contributed by atoms with Gasteiger partial charge in [-0.2, -0.15) is 0 Å². The van der Waals surface area contributed by atoms with Crippen LogP contribution < -0.4 is 0 Å². The molecule has 0 unspecified atom stereocenters. The molecule has 2 radical (unpaired) electrons. The van der Waals surface area contributed by atoms with E-state index in [9.17, 15) is 0 Å². The van der Waals surface area contributed by atoms with Crippen molar-refractivity contribution in [3.63, 3.8) is 0 Å². The van der Waals surface area contributed by atoms with Crippen molar-refractivity contribution in [3.05, 3.63) is 0 Å². The van der Waals surface area contributed by atoms with Crippen LogP contribution in [0.5, 0.6) is 0 Å². The topological polar surface area (TPSA) is 123 Å². The van der Waals surface area contributed by atoms with Crippen molar-refractivity contribution < 1.29 is 21.9 Å². The molecule has 0 aliphatic rings. The molecule has 0 rings (SSSR count). The summed E-state index contributed by atoms with van der Waals surface area (Å²) in [5, 5.41) is 0. The Bertz CT molecular complexity index is 5.51. The van der Waals surface area contributed by atoms with Gasteiger partial charge >= 0.3 is 0 Å². The van der Waals surface area contributed by atoms with Gasteiger partial charge in [-0.3, -0.25) is 0 Å². The number of hydrogen-bond acceptors (Lipinski definition) is 0. The second-order valence-corrected chi connectivity index (χ2v) is 0. The van der Waals surface area contributed by atoms with Gasteiger partial charge in [0.05, 0.1) is 0 Å². The first-order valence-corrected chi connectivity index (χ1v) is 0. The minimum Gasteiger partial charge on any atom is -0.412 e. The summed E-state index contributed by atoms with van der Waals surface area (Å²) in [7, 11) is 0. The SMILES string of the molecule is O.O.O.[AlH3].[AlH3].[O]. The minimum absolute atomic E-state index is 0. The van der Waals surface area contributed by atoms with Gasteiger partial charge in [-0.1, -0.05) is 0 Å². The molecule has 0 aliphatic carbocycles. The highest BCUT2D eigenvalue weighted by Gasteiger charge is 0.188. The Morgan fingerprint density at radius 1 is 0.500 bits per heavy atom. The average molecular weight is 130 g/mol. The van der Waals surface area contributed by atoms with E-state index < -0.39 is 0 Å². The van der Waals surface area contributed by atoms with Crippen molar-refractivity contribution in [2.45, 2.75) is 0 Å². The maximum absolute atomic E-state index is 0. The molecule has 0 bridgehead atoms. The zero-order chi connectivity index (χ0) is 0. The Morgan fingerprint density at radius 2 is 0.500 bits per heavy atom. The van der Waals surface area contributed by atoms with Gasteiger partial charge in [0.2, 0.25) is 0 Å². The standard InChI is InChI=1S/2Al.3H2O.O.6H/h;;3*1H2;;;;;;;. The van der Waals surface area contributed by atoms with Crippen LogP contribution in [0.15, 0.2) is 0 Å². The maximum atomic E-state index is 0. The van der Waals surface area contributed by atoms with Crippen LogP contribution in [0.1, 0.15) is 0 Å². The van der Waals surface area contributed by atoms with Crippen LogP contribution in [0.25, 0.3) is 0 Å². The van der Waals surface area contributed by atoms with Crippen LogP contribution in [0.4, 0.5) is 0 Å². The summed E-state index contributed by atoms with van der Waals surface area (Å²) in [5.41, 5.74) is 0. The Morgan fingerprint density at radius 3 is 0.500 bits per heavy atom. The molecule has 4 nitrogen and oxygen atoms in total. The van der Waals surface area contributed by atoms with E-state index in [2.05, 4.69) is 0 Å². The molecule has 42 valence electrons. The molecule has 0 aromatic heterocycles. The summed E-state index contributed by atoms with van der Waals surface area (Å²) in [5.74, 6) is 0. The van der Waals surface area contributed by atoms with E-state index in [0.29, 0.717) is 0 Å². The van der Waals surface area contributed by atoms with Gasteiger partial charge < -0.3 is 16.4 Å². The van der Waals surface area contributed by atoms with Crippen LogP contribution in [0.2, 0.25) is 0 Å². The van der Waals surface area contributed by atoms with Crippen molar-refractivity contribution in [2.24, 2.45) is 0 Å². The largest absolute Gasteiger partial charge is 0.412 e. The summed E-state index contributed by atoms with van der Waals surface area (Å²) in [6, 6.07) is 0. The third kappa shape index (κ3) is 91.3. The molecule has 0 atom stereocenters. The van der Waals surface area contributed by atoms with E-state index in [1.807, 2.05) is 0 Å². The highest BCUT2D eigenvalue weighted by atomic mass is 27.0. The van der Waals surface area contributed by atoms with Gasteiger partial charge in [0, 0.05) is 5.48 Å². The molecule has 0 heterocycles. The van der Waals surface area contributed by atoms with Gasteiger partial charge in [0.1, 0.15) is 0 Å². The van der Waals surface area contributed by atoms with E-state index >= 15 is 0 Å². The van der Waals surface area contributed by atoms with E-state index in [4.69, 9.17) is 0 Å². The molecule has 0 aromatic carbocycles. The summed E-state index contributed by atoms with van der Waals surface area (Å²) in [6.45, 7) is 0. The predicted molar refractivity (Wildman–Crippen MR) is 31.4 cm³/mol. The van der Waals surface area contributed by atoms with Crippen molar-refractivity contribution in [1.82, 2.24) is 0 Å². The molecule has 0 saturated carbocycles. The highest BCUT2D eigenvalue weighted by molar-refractivity contribution is 5.76. The van der Waals surface area contributed by atoms with Crippen LogP contribution >= 0.6 is 0 Å². The summed E-state index contributed by atoms with van der Waals surface area (Å²) >= 11 is 0. The molecule has 6 heavy (non-hydrogen) atoms. The second-order valence-electron chi connectivity index (χ2n) is 0. The van der Waals surface area contributed by atoms with Crippen molar-refractivity contribution >= 4 is 34.7 Å². The lowest BCUT2D eigenvalue weighted by Crippen LogP contribution is -0.382. The van der Waals surface area contributed by atoms with Crippen molar-refractivity contribution in [2.75, 3.05) is 0 Å². The number of rotatable bonds is 0. The minimum atomic E-state index is 0. The highest BCUT2D eigenvalue weighted by Crippen LogP contribution is -0.119. The summed E-state index contributed by atoms with van der Waals surface area (Å²) < 4.78 is 0. The third-order valence-corrected chi connectivity index (χ3v) is 0. The normalized spacial score (nSPS) is 0. The lowest BCUT2D eigenvalue weighted by Gasteiger charge is -0.413. The lowest BCUT2D eigenvalue weighted by atomic mass is 16.0. The first-order chi connectivity index (χ1) is 0. The first-order valence-electron chi connectivity index (χ1n) is 0. The Labute approximate surface area is 57.0 Å². The molecular weight excluding hydrogens is 118 g/mol. The molecule has 0 fully saturated rings. The second kappa shape index (κ2) is 173. The van der Waals surface area contributed by atoms with Crippen molar-refractivity contribution in [3.8, 4) is 0 Å². The molecule has 0 amide bonds. The average Bonchev–Trinajstić information content (AvgIpc) is 0. The van der Waals surface area contributed by atoms with E-state index in [-0.39, 0.29) is 56.6 Å². The van der Waals surface area contributed by atoms with Gasteiger partial charge in [-0.25, -0.2) is 0 Å². The molecule has 0 saturated heterocycles. The summed E-state index contributed by atoms with van der Waals surface area (Å²) in [6.07, 6.45) is 0. The van der Waals surface area contributed by atoms with Crippen LogP contribution in [0, 0.1) is 0 Å². The molecule has 6 heteroatoms. The maximum Gasteiger partial charge on any atom is 0.187 e. The monoisotopic (exact) mass is 130 g/mol. The van der Waals surface area contributed by atoms with Crippen LogP contribution in [-0.2, 0) is 5.48 Å². The zero-order valence-corrected chi connectivity index (χ0v) is 1.91. The smallest absolute Gasteiger partial charge is 0.187 e. The fourth-order valence-electron chi connectivity index (χ4n) is 0.